The summed E-state index contributed by atoms with van der Waals surface area (Å²) in [6, 6.07) is 10.9. The molecule has 2 bridgehead atoms. The van der Waals surface area contributed by atoms with Gasteiger partial charge in [0.15, 0.2) is 0 Å². The van der Waals surface area contributed by atoms with Crippen LogP contribution in [0.15, 0.2) is 53.9 Å². The molecule has 0 spiro atoms. The molecule has 15 heteroatoms. The average molecular weight is 734 g/mol. The summed E-state index contributed by atoms with van der Waals surface area (Å²) in [6.07, 6.45) is 0.340. The number of carbonyl (C=O) groups excluding carboxylic acids is 6. The van der Waals surface area contributed by atoms with Gasteiger partial charge in [0.05, 0.1) is 25.3 Å². The summed E-state index contributed by atoms with van der Waals surface area (Å²) in [5.74, 6) is -3.21. The molecule has 0 saturated heterocycles. The first kappa shape index (κ1) is 39.5. The van der Waals surface area contributed by atoms with Gasteiger partial charge in [-0.3, -0.25) is 28.8 Å². The van der Waals surface area contributed by atoms with Crippen molar-refractivity contribution >= 4 is 46.8 Å². The van der Waals surface area contributed by atoms with Crippen LogP contribution < -0.4 is 26.0 Å². The summed E-state index contributed by atoms with van der Waals surface area (Å²) in [5.41, 5.74) is 2.07. The van der Waals surface area contributed by atoms with Crippen molar-refractivity contribution in [3.8, 4) is 5.75 Å². The van der Waals surface area contributed by atoms with E-state index in [1.165, 1.54) is 49.1 Å². The molecule has 4 rings (SSSR count). The highest BCUT2D eigenvalue weighted by Crippen LogP contribution is 2.24. The lowest BCUT2D eigenvalue weighted by Crippen LogP contribution is -2.57. The number of benzene rings is 2. The van der Waals surface area contributed by atoms with Crippen molar-refractivity contribution < 1.29 is 33.5 Å². The molecular weight excluding hydrogens is 687 g/mol. The van der Waals surface area contributed by atoms with Crippen LogP contribution in [0.2, 0.25) is 0 Å². The van der Waals surface area contributed by atoms with E-state index < -0.39 is 59.6 Å². The summed E-state index contributed by atoms with van der Waals surface area (Å²) in [5, 5.41) is 13.0. The fraction of sp³-hybridized carbons (Fsp3) is 0.432. The number of fused-ring (bicyclic) bond motifs is 2. The number of aromatic nitrogens is 1. The fourth-order valence-electron chi connectivity index (χ4n) is 5.64. The van der Waals surface area contributed by atoms with E-state index in [0.29, 0.717) is 17.2 Å². The lowest BCUT2D eigenvalue weighted by Gasteiger charge is -2.29. The number of ether oxygens (including phenoxy) is 1. The van der Waals surface area contributed by atoms with Crippen LogP contribution in [0.4, 0.5) is 0 Å². The summed E-state index contributed by atoms with van der Waals surface area (Å²) >= 11 is 1.17. The van der Waals surface area contributed by atoms with Crippen LogP contribution in [0.3, 0.4) is 0 Å². The minimum atomic E-state index is -1.03. The molecule has 3 aromatic rings. The SMILES string of the molecule is COc1cc(C)ccc1C(=O)N1CCN(C)C(=O)[C@@H](C)NC(=O)[C@H](C(C)C)NC(=O)[C@H](C)NC(=O)c2csc(n2)[C@H](Cc2ccccc2)NC(=O)C1. The zero-order valence-corrected chi connectivity index (χ0v) is 31.3. The van der Waals surface area contributed by atoms with Crippen LogP contribution in [0.5, 0.6) is 5.75 Å². The molecule has 52 heavy (non-hydrogen) atoms. The highest BCUT2D eigenvalue weighted by molar-refractivity contribution is 7.09. The summed E-state index contributed by atoms with van der Waals surface area (Å²) < 4.78 is 5.50. The third-order valence-electron chi connectivity index (χ3n) is 8.68. The largest absolute Gasteiger partial charge is 0.496 e. The molecule has 0 fully saturated rings. The van der Waals surface area contributed by atoms with Crippen LogP contribution in [0, 0.1) is 12.8 Å². The predicted octanol–water partition coefficient (Wildman–Crippen LogP) is 2.24. The minimum Gasteiger partial charge on any atom is -0.496 e. The number of carbonyl (C=O) groups is 6. The number of nitrogens with one attached hydrogen (secondary N) is 4. The van der Waals surface area contributed by atoms with Gasteiger partial charge < -0.3 is 35.8 Å². The number of rotatable bonds is 5. The second-order valence-electron chi connectivity index (χ2n) is 13.2. The Morgan fingerprint density at radius 1 is 0.942 bits per heavy atom. The molecule has 4 N–H and O–H groups in total. The molecular formula is C37H47N7O7S. The molecule has 278 valence electrons. The van der Waals surface area contributed by atoms with Gasteiger partial charge in [0.2, 0.25) is 23.6 Å². The molecule has 1 aliphatic heterocycles. The maximum atomic E-state index is 14.0. The van der Waals surface area contributed by atoms with Crippen LogP contribution in [-0.4, -0.2) is 102 Å². The first-order valence-corrected chi connectivity index (χ1v) is 18.0. The van der Waals surface area contributed by atoms with E-state index in [-0.39, 0.29) is 36.8 Å². The zero-order chi connectivity index (χ0) is 38.1. The second kappa shape index (κ2) is 17.8. The topological polar surface area (TPSA) is 179 Å². The number of likely N-dealkylation sites (N-methyl/N-ethyl adjacent to an activating group) is 1. The number of methoxy groups -OCH3 is 1. The molecule has 1 aromatic heterocycles. The molecule has 6 amide bonds. The van der Waals surface area contributed by atoms with Crippen LogP contribution >= 0.6 is 11.3 Å². The Hall–Kier alpha value is -5.31. The van der Waals surface area contributed by atoms with Crippen molar-refractivity contribution in [1.29, 1.82) is 0 Å². The van der Waals surface area contributed by atoms with E-state index in [2.05, 4.69) is 26.3 Å². The van der Waals surface area contributed by atoms with E-state index in [9.17, 15) is 28.8 Å². The Morgan fingerprint density at radius 2 is 1.65 bits per heavy atom. The van der Waals surface area contributed by atoms with E-state index in [0.717, 1.165) is 11.1 Å². The van der Waals surface area contributed by atoms with Gasteiger partial charge in [0.1, 0.15) is 34.6 Å². The number of thiazole rings is 1. The molecule has 1 aliphatic rings. The first-order chi connectivity index (χ1) is 24.7. The van der Waals surface area contributed by atoms with E-state index in [1.54, 1.807) is 37.4 Å². The Morgan fingerprint density at radius 3 is 2.33 bits per heavy atom. The molecule has 0 radical (unpaired) electrons. The molecule has 2 heterocycles. The van der Waals surface area contributed by atoms with Crippen molar-refractivity contribution in [3.63, 3.8) is 0 Å². The minimum absolute atomic E-state index is 0.0281. The third kappa shape index (κ3) is 10.1. The molecule has 0 aliphatic carbocycles. The quantitative estimate of drug-likeness (QED) is 0.309. The zero-order valence-electron chi connectivity index (χ0n) is 30.5. The van der Waals surface area contributed by atoms with Gasteiger partial charge >= 0.3 is 0 Å². The van der Waals surface area contributed by atoms with Crippen LogP contribution in [0.1, 0.15) is 70.7 Å². The van der Waals surface area contributed by atoms with Crippen molar-refractivity contribution in [2.75, 3.05) is 33.8 Å². The number of nitrogens with zero attached hydrogens (tertiary/aromatic N) is 3. The lowest BCUT2D eigenvalue weighted by molar-refractivity contribution is -0.136. The van der Waals surface area contributed by atoms with Gasteiger partial charge in [-0.1, -0.05) is 50.2 Å². The monoisotopic (exact) mass is 733 g/mol. The lowest BCUT2D eigenvalue weighted by atomic mass is 10.0. The van der Waals surface area contributed by atoms with Crippen molar-refractivity contribution in [1.82, 2.24) is 36.1 Å². The molecule has 0 saturated carbocycles. The van der Waals surface area contributed by atoms with Gasteiger partial charge in [-0.15, -0.1) is 11.3 Å². The van der Waals surface area contributed by atoms with Crippen molar-refractivity contribution in [2.45, 2.75) is 65.2 Å². The summed E-state index contributed by atoms with van der Waals surface area (Å²) in [7, 11) is 3.00. The highest BCUT2D eigenvalue weighted by atomic mass is 32.1. The maximum Gasteiger partial charge on any atom is 0.271 e. The Kier molecular flexibility index (Phi) is 13.5. The van der Waals surface area contributed by atoms with E-state index >= 15 is 0 Å². The molecule has 2 aromatic carbocycles. The fourth-order valence-corrected chi connectivity index (χ4v) is 6.49. The third-order valence-corrected chi connectivity index (χ3v) is 9.64. The maximum absolute atomic E-state index is 14.0. The average Bonchev–Trinajstić information content (AvgIpc) is 3.61. The summed E-state index contributed by atoms with van der Waals surface area (Å²) in [4.78, 5) is 88.2. The van der Waals surface area contributed by atoms with Crippen LogP contribution in [0.25, 0.3) is 0 Å². The second-order valence-corrected chi connectivity index (χ2v) is 14.1. The summed E-state index contributed by atoms with van der Waals surface area (Å²) in [6.45, 7) is 8.02. The Bertz CT molecular complexity index is 1780. The predicted molar refractivity (Wildman–Crippen MR) is 196 cm³/mol. The van der Waals surface area contributed by atoms with Crippen molar-refractivity contribution in [3.05, 3.63) is 81.3 Å². The van der Waals surface area contributed by atoms with Gasteiger partial charge in [0, 0.05) is 25.5 Å². The number of hydrogen-bond donors (Lipinski definition) is 4. The van der Waals surface area contributed by atoms with Gasteiger partial charge in [-0.05, 0) is 56.4 Å². The van der Waals surface area contributed by atoms with Gasteiger partial charge in [-0.2, -0.15) is 0 Å². The molecule has 0 unspecified atom stereocenters. The van der Waals surface area contributed by atoms with E-state index in [1.807, 2.05) is 37.3 Å². The van der Waals surface area contributed by atoms with Gasteiger partial charge in [0.25, 0.3) is 11.8 Å². The van der Waals surface area contributed by atoms with Crippen LogP contribution in [-0.2, 0) is 25.6 Å². The smallest absolute Gasteiger partial charge is 0.271 e. The number of hydrogen-bond acceptors (Lipinski definition) is 9. The van der Waals surface area contributed by atoms with E-state index in [4.69, 9.17) is 4.74 Å². The normalized spacial score (nSPS) is 21.4. The highest BCUT2D eigenvalue weighted by Gasteiger charge is 2.31. The molecule has 4 atom stereocenters. The number of aryl methyl sites for hydroxylation is 1. The Labute approximate surface area is 307 Å². The van der Waals surface area contributed by atoms with Crippen molar-refractivity contribution in [2.24, 2.45) is 5.92 Å². The first-order valence-electron chi connectivity index (χ1n) is 17.1. The standard InChI is InChI=1S/C37H47N7O7S/c1-21(2)31-34(48)39-24(5)36(49)43(6)15-16-44(37(50)26-14-13-22(3)17-29(26)51-7)19-30(45)40-27(18-25-11-9-8-10-12-25)35-41-28(20-52-35)33(47)38-23(4)32(46)42-31/h8-14,17,20-21,23-24,27,31H,15-16,18-19H2,1-7H3,(H,38,47)(H,39,48)(H,40,45)(H,42,46)/t23-,24+,27-,31-/m0/s1. The Balaban J connectivity index is 1.72. The molecule has 14 nitrogen and oxygen atoms in total. The van der Waals surface area contributed by atoms with Gasteiger partial charge in [-0.25, -0.2) is 4.98 Å². The number of amides is 6.